The summed E-state index contributed by atoms with van der Waals surface area (Å²) in [4.78, 5) is 41.2. The number of hydrogen-bond acceptors (Lipinski definition) is 19. The van der Waals surface area contributed by atoms with Crippen LogP contribution in [0.4, 0.5) is 0 Å². The maximum atomic E-state index is 14.0. The van der Waals surface area contributed by atoms with Crippen LogP contribution in [0.5, 0.6) is 0 Å². The average Bonchev–Trinajstić information content (AvgIpc) is 3.33. The lowest BCUT2D eigenvalue weighted by atomic mass is 9.82. The summed E-state index contributed by atoms with van der Waals surface area (Å²) in [5.74, 6) is -6.18. The summed E-state index contributed by atoms with van der Waals surface area (Å²) >= 11 is 0. The zero-order valence-corrected chi connectivity index (χ0v) is 45.2. The lowest BCUT2D eigenvalue weighted by molar-refractivity contribution is -0.307. The highest BCUT2D eigenvalue weighted by molar-refractivity contribution is 5.80. The number of amides is 2. The molecule has 2 fully saturated rings. The van der Waals surface area contributed by atoms with Crippen molar-refractivity contribution < 1.29 is 84.4 Å². The van der Waals surface area contributed by atoms with Crippen molar-refractivity contribution in [3.05, 3.63) is 85.1 Å². The first-order valence-electron chi connectivity index (χ1n) is 26.5. The summed E-state index contributed by atoms with van der Waals surface area (Å²) in [5.41, 5.74) is 0. The van der Waals surface area contributed by atoms with E-state index in [1.54, 1.807) is 75.6 Å². The van der Waals surface area contributed by atoms with Crippen LogP contribution in [0.2, 0.25) is 0 Å². The zero-order chi connectivity index (χ0) is 56.5. The van der Waals surface area contributed by atoms with Crippen LogP contribution in [0.15, 0.2) is 85.1 Å². The number of carbonyl (C=O) groups excluding carboxylic acids is 3. The van der Waals surface area contributed by atoms with Crippen LogP contribution in [0.3, 0.4) is 0 Å². The average molecular weight is 1080 g/mol. The third kappa shape index (κ3) is 23.5. The molecule has 21 heteroatoms. The molecule has 0 aromatic rings. The standard InChI is InChI=1S/C55H90N4O17/c1-34-21-18-16-14-12-10-8-9-11-13-15-17-19-22-41(75-54-52(70)49(51(69)37(4)74-54)58-46(66)33-56-5)30-45-48(53(71)57-25-20-26-59(6)7)44(65)32-55(72,76-45)31-40(62)28-43(64)42(63)24-23-38(60)27-39(61)29-47(67)73-36(3)35(2)50(34)68/h8-19,21-22,34-45,48-52,54,56,60-65,68-70,72H,20,23-33H2,1-7H3,(H,57,71)(H,58,66)/b9-8-,12-10-,13-11-,16-14-,17-15-,21-18-,22-19+/t34-,35-,36-,37+,38+,39+,40-,41-,42+,43+,44-,45-,48+,49-,50+,51+,52-,54-,55+/m0/s1. The highest BCUT2D eigenvalue weighted by atomic mass is 16.7. The Bertz CT molecular complexity index is 1950. The normalized spacial score (nSPS) is 40.6. The molecule has 432 valence electrons. The molecule has 3 aliphatic heterocycles. The van der Waals surface area contributed by atoms with Gasteiger partial charge in [-0.15, -0.1) is 0 Å². The number of nitrogens with zero attached hydrogens (tertiary/aromatic N) is 1. The van der Waals surface area contributed by atoms with E-state index in [2.05, 4.69) is 16.0 Å². The molecule has 2 bridgehead atoms. The van der Waals surface area contributed by atoms with Gasteiger partial charge in [0.05, 0.1) is 86.0 Å². The number of rotatable bonds is 10. The number of nitrogens with one attached hydrogen (secondary N) is 3. The van der Waals surface area contributed by atoms with Crippen molar-refractivity contribution in [2.24, 2.45) is 17.8 Å². The number of cyclic esters (lactones) is 1. The molecule has 19 atom stereocenters. The summed E-state index contributed by atoms with van der Waals surface area (Å²) in [7, 11) is 5.32. The van der Waals surface area contributed by atoms with Gasteiger partial charge in [-0.1, -0.05) is 98.9 Å². The third-order valence-corrected chi connectivity index (χ3v) is 13.7. The highest BCUT2D eigenvalue weighted by Gasteiger charge is 2.51. The van der Waals surface area contributed by atoms with Crippen LogP contribution in [-0.2, 0) is 33.3 Å². The Kier molecular flexibility index (Phi) is 29.7. The molecule has 2 amide bonds. The smallest absolute Gasteiger partial charge is 0.308 e. The summed E-state index contributed by atoms with van der Waals surface area (Å²) < 4.78 is 24.1. The zero-order valence-electron chi connectivity index (χ0n) is 45.2. The summed E-state index contributed by atoms with van der Waals surface area (Å²) in [6.45, 7) is 7.56. The van der Waals surface area contributed by atoms with E-state index in [0.717, 1.165) is 0 Å². The van der Waals surface area contributed by atoms with Gasteiger partial charge in [0, 0.05) is 44.1 Å². The van der Waals surface area contributed by atoms with Crippen LogP contribution >= 0.6 is 0 Å². The first-order valence-corrected chi connectivity index (χ1v) is 26.5. The van der Waals surface area contributed by atoms with Gasteiger partial charge >= 0.3 is 5.97 Å². The maximum Gasteiger partial charge on any atom is 0.308 e. The number of hydrogen-bond donors (Lipinski definition) is 13. The van der Waals surface area contributed by atoms with Crippen LogP contribution < -0.4 is 16.0 Å². The van der Waals surface area contributed by atoms with Crippen molar-refractivity contribution in [2.45, 2.75) is 183 Å². The molecular weight excluding hydrogens is 989 g/mol. The van der Waals surface area contributed by atoms with Crippen LogP contribution in [-0.4, -0.2) is 212 Å². The molecule has 76 heavy (non-hydrogen) atoms. The van der Waals surface area contributed by atoms with E-state index in [0.29, 0.717) is 13.0 Å². The van der Waals surface area contributed by atoms with Gasteiger partial charge in [0.15, 0.2) is 12.1 Å². The third-order valence-electron chi connectivity index (χ3n) is 13.7. The van der Waals surface area contributed by atoms with E-state index in [-0.39, 0.29) is 44.7 Å². The number of carbonyl (C=O) groups is 3. The van der Waals surface area contributed by atoms with Crippen molar-refractivity contribution in [3.63, 3.8) is 0 Å². The fraction of sp³-hybridized carbons (Fsp3) is 0.691. The Balaban J connectivity index is 1.99. The van der Waals surface area contributed by atoms with Gasteiger partial charge in [-0.3, -0.25) is 14.4 Å². The largest absolute Gasteiger partial charge is 0.462 e. The molecule has 13 N–H and O–H groups in total. The van der Waals surface area contributed by atoms with Crippen molar-refractivity contribution in [3.8, 4) is 0 Å². The predicted molar refractivity (Wildman–Crippen MR) is 283 cm³/mol. The quantitative estimate of drug-likeness (QED) is 0.102. The first-order chi connectivity index (χ1) is 35.9. The Hall–Kier alpha value is -4.01. The Labute approximate surface area is 448 Å². The number of aliphatic hydroxyl groups excluding tert-OH is 9. The van der Waals surface area contributed by atoms with Gasteiger partial charge in [0.25, 0.3) is 0 Å². The van der Waals surface area contributed by atoms with Crippen LogP contribution in [0.1, 0.15) is 85.5 Å². The molecule has 0 aromatic carbocycles. The molecule has 0 radical (unpaired) electrons. The topological polar surface area (TPSA) is 330 Å². The molecule has 0 aromatic heterocycles. The molecule has 3 aliphatic rings. The van der Waals surface area contributed by atoms with E-state index < -0.39 is 153 Å². The lowest BCUT2D eigenvalue weighted by Crippen LogP contribution is -2.64. The number of ether oxygens (including phenoxy) is 4. The fourth-order valence-electron chi connectivity index (χ4n) is 9.25. The van der Waals surface area contributed by atoms with Crippen LogP contribution in [0, 0.1) is 17.8 Å². The molecule has 0 unspecified atom stereocenters. The second kappa shape index (κ2) is 34.1. The van der Waals surface area contributed by atoms with E-state index >= 15 is 0 Å². The summed E-state index contributed by atoms with van der Waals surface area (Å²) in [6.07, 6.45) is 4.40. The summed E-state index contributed by atoms with van der Waals surface area (Å²) in [6, 6.07) is -1.22. The van der Waals surface area contributed by atoms with Gasteiger partial charge in [-0.25, -0.2) is 0 Å². The molecule has 0 spiro atoms. The van der Waals surface area contributed by atoms with E-state index in [1.165, 1.54) is 6.92 Å². The fourth-order valence-corrected chi connectivity index (χ4v) is 9.25. The van der Waals surface area contributed by atoms with E-state index in [9.17, 15) is 65.4 Å². The Morgan fingerprint density at radius 1 is 0.711 bits per heavy atom. The molecule has 3 heterocycles. The van der Waals surface area contributed by atoms with Crippen molar-refractivity contribution in [2.75, 3.05) is 40.8 Å². The molecule has 0 saturated carbocycles. The number of fused-ring (bicyclic) bond motifs is 2. The molecular formula is C55H90N4O17. The van der Waals surface area contributed by atoms with Crippen molar-refractivity contribution in [1.82, 2.24) is 20.9 Å². The highest BCUT2D eigenvalue weighted by Crippen LogP contribution is 2.38. The van der Waals surface area contributed by atoms with Gasteiger partial charge in [-0.2, -0.15) is 0 Å². The molecule has 2 saturated heterocycles. The first kappa shape index (κ1) is 66.3. The maximum absolute atomic E-state index is 14.0. The van der Waals surface area contributed by atoms with Crippen molar-refractivity contribution in [1.29, 1.82) is 0 Å². The monoisotopic (exact) mass is 1080 g/mol. The number of allylic oxidation sites excluding steroid dienone is 12. The minimum atomic E-state index is -2.30. The number of aliphatic hydroxyl groups is 10. The van der Waals surface area contributed by atoms with Crippen LogP contribution in [0.25, 0.3) is 0 Å². The molecule has 0 aliphatic carbocycles. The second-order valence-corrected chi connectivity index (χ2v) is 20.7. The van der Waals surface area contributed by atoms with E-state index in [1.807, 2.05) is 56.3 Å². The van der Waals surface area contributed by atoms with Crippen molar-refractivity contribution >= 4 is 17.8 Å². The minimum absolute atomic E-state index is 0.105. The van der Waals surface area contributed by atoms with Gasteiger partial charge in [-0.05, 0) is 67.2 Å². The number of likely N-dealkylation sites (N-methyl/N-ethyl adjacent to an activating group) is 1. The van der Waals surface area contributed by atoms with Gasteiger partial charge in [0.2, 0.25) is 11.8 Å². The minimum Gasteiger partial charge on any atom is -0.462 e. The van der Waals surface area contributed by atoms with E-state index in [4.69, 9.17) is 18.9 Å². The Morgan fingerprint density at radius 3 is 1.92 bits per heavy atom. The molecule has 3 rings (SSSR count). The number of esters is 1. The Morgan fingerprint density at radius 2 is 1.32 bits per heavy atom. The lowest BCUT2D eigenvalue weighted by Gasteiger charge is -2.46. The SMILES string of the molecule is CNCC(=O)N[C@@H]1[C@H](O)[C@H](O[C@H]2/C=C/C=C\C=C/C=C\C=C/C=C\C=C/[C@H](C)[C@@H](O)[C@@H](C)[C@H](C)OC(=O)C[C@H](O)C[C@H](O)CC[C@@H](O)[C@H](O)C[C@H](O)C[C@]3(O)C[C@H](O)[C@@H](C(=O)NCCCN(C)C)[C@H](C2)O3)O[C@H](C)[C@H]1O. The van der Waals surface area contributed by atoms with Gasteiger partial charge < -0.3 is 90.9 Å². The second-order valence-electron chi connectivity index (χ2n) is 20.7. The van der Waals surface area contributed by atoms with Gasteiger partial charge in [0.1, 0.15) is 18.3 Å². The summed E-state index contributed by atoms with van der Waals surface area (Å²) in [5, 5.41) is 120. The predicted octanol–water partition coefficient (Wildman–Crippen LogP) is 0.0719. The molecule has 21 nitrogen and oxygen atoms in total.